The minimum absolute atomic E-state index is 0.646. The zero-order valence-electron chi connectivity index (χ0n) is 30.8. The van der Waals surface area contributed by atoms with Crippen molar-refractivity contribution in [2.24, 2.45) is 0 Å². The number of nitrogens with zero attached hydrogens (tertiary/aromatic N) is 3. The molecular weight excluding hydrogens is 711 g/mol. The number of aromatic nitrogens is 3. The third-order valence-corrected chi connectivity index (χ3v) is 12.2. The Morgan fingerprint density at radius 3 is 1.21 bits per heavy atom. The Hall–Kier alpha value is -7.27. The van der Waals surface area contributed by atoms with Crippen LogP contribution in [0.3, 0.4) is 0 Å². The van der Waals surface area contributed by atoms with E-state index in [4.69, 9.17) is 15.0 Å². The van der Waals surface area contributed by atoms with E-state index >= 15 is 0 Å². The summed E-state index contributed by atoms with van der Waals surface area (Å²) in [5.74, 6) is 1.97. The average Bonchev–Trinajstić information content (AvgIpc) is 3.68. The van der Waals surface area contributed by atoms with Gasteiger partial charge in [-0.3, -0.25) is 0 Å². The Morgan fingerprint density at radius 1 is 0.263 bits per heavy atom. The topological polar surface area (TPSA) is 38.7 Å². The van der Waals surface area contributed by atoms with Crippen LogP contribution in [0.4, 0.5) is 0 Å². The van der Waals surface area contributed by atoms with Gasteiger partial charge in [0, 0.05) is 36.9 Å². The van der Waals surface area contributed by atoms with Crippen LogP contribution in [0.25, 0.3) is 109 Å². The molecular formula is C53H33N3S. The van der Waals surface area contributed by atoms with Gasteiger partial charge < -0.3 is 0 Å². The van der Waals surface area contributed by atoms with E-state index in [1.807, 2.05) is 18.2 Å². The highest BCUT2D eigenvalue weighted by Crippen LogP contribution is 2.44. The summed E-state index contributed by atoms with van der Waals surface area (Å²) in [7, 11) is 0. The highest BCUT2D eigenvalue weighted by Gasteiger charge is 2.19. The van der Waals surface area contributed by atoms with Crippen LogP contribution in [0.1, 0.15) is 0 Å². The molecule has 11 aromatic rings. The lowest BCUT2D eigenvalue weighted by atomic mass is 9.85. The minimum Gasteiger partial charge on any atom is -0.208 e. The first-order valence-corrected chi connectivity index (χ1v) is 20.0. The maximum Gasteiger partial charge on any atom is 0.165 e. The zero-order valence-corrected chi connectivity index (χ0v) is 31.6. The Bertz CT molecular complexity index is 3200. The van der Waals surface area contributed by atoms with E-state index in [0.717, 1.165) is 22.3 Å². The Labute approximate surface area is 334 Å². The molecule has 0 saturated heterocycles. The Morgan fingerprint density at radius 2 is 0.649 bits per heavy atom. The van der Waals surface area contributed by atoms with Crippen molar-refractivity contribution < 1.29 is 0 Å². The second kappa shape index (κ2) is 13.8. The van der Waals surface area contributed by atoms with Crippen LogP contribution in [-0.4, -0.2) is 15.0 Å². The molecule has 0 atom stereocenters. The van der Waals surface area contributed by atoms with Crippen molar-refractivity contribution in [3.63, 3.8) is 0 Å². The minimum atomic E-state index is 0.646. The third kappa shape index (κ3) is 5.78. The van der Waals surface area contributed by atoms with Gasteiger partial charge in [0.25, 0.3) is 0 Å². The first-order chi connectivity index (χ1) is 28.3. The number of rotatable bonds is 6. The molecule has 0 aliphatic heterocycles. The number of hydrogen-bond acceptors (Lipinski definition) is 4. The van der Waals surface area contributed by atoms with Crippen LogP contribution < -0.4 is 0 Å². The van der Waals surface area contributed by atoms with Crippen molar-refractivity contribution >= 4 is 53.1 Å². The molecule has 2 aromatic heterocycles. The van der Waals surface area contributed by atoms with Gasteiger partial charge in [-0.2, -0.15) is 0 Å². The molecule has 2 heterocycles. The van der Waals surface area contributed by atoms with Crippen molar-refractivity contribution in [1.29, 1.82) is 0 Å². The highest BCUT2D eigenvalue weighted by molar-refractivity contribution is 7.26. The van der Waals surface area contributed by atoms with Crippen molar-refractivity contribution in [2.45, 2.75) is 0 Å². The highest BCUT2D eigenvalue weighted by atomic mass is 32.1. The maximum absolute atomic E-state index is 5.18. The number of thiophene rings is 1. The summed E-state index contributed by atoms with van der Waals surface area (Å²) in [6, 6.07) is 71.1. The van der Waals surface area contributed by atoms with E-state index in [9.17, 15) is 0 Å². The predicted octanol–water partition coefficient (Wildman–Crippen LogP) is 14.5. The molecule has 0 aliphatic carbocycles. The van der Waals surface area contributed by atoms with Crippen LogP contribution in [0.5, 0.6) is 0 Å². The second-order valence-electron chi connectivity index (χ2n) is 14.3. The molecule has 11 rings (SSSR count). The molecule has 0 spiro atoms. The summed E-state index contributed by atoms with van der Waals surface area (Å²) in [5, 5.41) is 7.37. The lowest BCUT2D eigenvalue weighted by Gasteiger charge is -2.18. The molecule has 57 heavy (non-hydrogen) atoms. The monoisotopic (exact) mass is 743 g/mol. The molecule has 4 heteroatoms. The van der Waals surface area contributed by atoms with Gasteiger partial charge in [0.15, 0.2) is 17.5 Å². The Balaban J connectivity index is 1.05. The van der Waals surface area contributed by atoms with Crippen LogP contribution in [0.15, 0.2) is 200 Å². The molecule has 0 fully saturated rings. The number of hydrogen-bond donors (Lipinski definition) is 0. The van der Waals surface area contributed by atoms with Gasteiger partial charge in [0.05, 0.1) is 0 Å². The van der Waals surface area contributed by atoms with E-state index in [0.29, 0.717) is 17.5 Å². The molecule has 0 unspecified atom stereocenters. The van der Waals surface area contributed by atoms with E-state index in [-0.39, 0.29) is 0 Å². The normalized spacial score (nSPS) is 11.5. The fourth-order valence-corrected chi connectivity index (χ4v) is 9.47. The fraction of sp³-hybridized carbons (Fsp3) is 0. The smallest absolute Gasteiger partial charge is 0.165 e. The first kappa shape index (κ1) is 33.1. The molecule has 0 saturated carbocycles. The van der Waals surface area contributed by atoms with Crippen molar-refractivity contribution in [2.75, 3.05) is 0 Å². The van der Waals surface area contributed by atoms with E-state index in [1.165, 1.54) is 69.5 Å². The van der Waals surface area contributed by atoms with E-state index in [1.54, 1.807) is 11.3 Å². The first-order valence-electron chi connectivity index (χ1n) is 19.2. The lowest BCUT2D eigenvalue weighted by molar-refractivity contribution is 1.08. The standard InChI is InChI=1S/C53H33N3S/c1-3-14-34(15-4-1)35-26-28-36(29-27-35)48-41-19-7-9-21-43(41)49(44-22-10-8-20-42(44)48)37-30-32-39(33-31-37)52-54-51(38-16-5-2-6-17-38)55-53(56-52)46-24-13-23-45-40-18-11-12-25-47(40)57-50(45)46/h1-33H. The summed E-state index contributed by atoms with van der Waals surface area (Å²) in [4.78, 5) is 15.3. The van der Waals surface area contributed by atoms with Gasteiger partial charge in [-0.1, -0.05) is 188 Å². The molecule has 9 aromatic carbocycles. The van der Waals surface area contributed by atoms with E-state index in [2.05, 4.69) is 182 Å². The summed E-state index contributed by atoms with van der Waals surface area (Å²) in [6.07, 6.45) is 0. The summed E-state index contributed by atoms with van der Waals surface area (Å²) in [6.45, 7) is 0. The molecule has 0 radical (unpaired) electrons. The SMILES string of the molecule is c1ccc(-c2ccc(-c3c4ccccc4c(-c4ccc(-c5nc(-c6ccccc6)nc(-c6cccc7c6sc6ccccc67)n5)cc4)c4ccccc34)cc2)cc1. The van der Waals surface area contributed by atoms with Crippen LogP contribution >= 0.6 is 11.3 Å². The predicted molar refractivity (Wildman–Crippen MR) is 240 cm³/mol. The number of fused-ring (bicyclic) bond motifs is 5. The van der Waals surface area contributed by atoms with Gasteiger partial charge in [0.2, 0.25) is 0 Å². The van der Waals surface area contributed by atoms with Crippen LogP contribution in [-0.2, 0) is 0 Å². The quantitative estimate of drug-likeness (QED) is 0.159. The molecule has 0 aliphatic rings. The lowest BCUT2D eigenvalue weighted by Crippen LogP contribution is -2.00. The number of benzene rings is 9. The van der Waals surface area contributed by atoms with Gasteiger partial charge in [-0.05, 0) is 67.1 Å². The van der Waals surface area contributed by atoms with Crippen molar-refractivity contribution in [3.05, 3.63) is 200 Å². The maximum atomic E-state index is 5.18. The molecule has 3 nitrogen and oxygen atoms in total. The third-order valence-electron chi connectivity index (χ3n) is 11.0. The molecule has 0 amide bonds. The van der Waals surface area contributed by atoms with Crippen molar-refractivity contribution in [1.82, 2.24) is 15.0 Å². The largest absolute Gasteiger partial charge is 0.208 e. The molecule has 0 bridgehead atoms. The van der Waals surface area contributed by atoms with E-state index < -0.39 is 0 Å². The van der Waals surface area contributed by atoms with Crippen LogP contribution in [0.2, 0.25) is 0 Å². The summed E-state index contributed by atoms with van der Waals surface area (Å²) < 4.78 is 2.43. The second-order valence-corrected chi connectivity index (χ2v) is 15.4. The zero-order chi connectivity index (χ0) is 37.7. The van der Waals surface area contributed by atoms with Gasteiger partial charge in [0.1, 0.15) is 0 Å². The van der Waals surface area contributed by atoms with Gasteiger partial charge in [-0.25, -0.2) is 15.0 Å². The van der Waals surface area contributed by atoms with Crippen molar-refractivity contribution in [3.8, 4) is 67.5 Å². The average molecular weight is 744 g/mol. The Kier molecular flexibility index (Phi) is 8.01. The molecule has 0 N–H and O–H groups in total. The summed E-state index contributed by atoms with van der Waals surface area (Å²) in [5.41, 5.74) is 10.1. The molecule has 266 valence electrons. The van der Waals surface area contributed by atoms with Gasteiger partial charge in [-0.15, -0.1) is 11.3 Å². The summed E-state index contributed by atoms with van der Waals surface area (Å²) >= 11 is 1.79. The van der Waals surface area contributed by atoms with Crippen LogP contribution in [0, 0.1) is 0 Å². The fourth-order valence-electron chi connectivity index (χ4n) is 8.26. The van der Waals surface area contributed by atoms with Gasteiger partial charge >= 0.3 is 0 Å².